The van der Waals surface area contributed by atoms with E-state index in [1.54, 1.807) is 103 Å². The highest BCUT2D eigenvalue weighted by molar-refractivity contribution is 6.05. The van der Waals surface area contributed by atoms with Crippen LogP contribution >= 0.6 is 0 Å². The second kappa shape index (κ2) is 35.9. The SMILES string of the molecule is CCC(C)C1NC(=O)C(NC(=O)C(CC(C)C)N(C)C(=O)C2CCCN2C(=O)C(C)NC(=O)C(Cc2ccccc2)NC(=O)OC(C)(C)C)C(C)OC(=O)C(Cc2ccc(OC)cc2)N(C)C(=O)C2CCCN2C(=O)C(CC(C)C)NC(=O)C(C)C(=O)C(C(C)C)OC(=O)CC1O. The normalized spacial score (nSPS) is 25.0. The van der Waals surface area contributed by atoms with Gasteiger partial charge in [-0.2, -0.15) is 0 Å². The number of rotatable bonds is 20. The molecule has 14 unspecified atom stereocenters. The number of carbonyl (C=O) groups excluding carboxylic acids is 12. The minimum atomic E-state index is -1.83. The van der Waals surface area contributed by atoms with E-state index in [4.69, 9.17) is 18.9 Å². The van der Waals surface area contributed by atoms with E-state index in [1.165, 1.54) is 61.6 Å². The number of aliphatic hydroxyl groups is 1. The summed E-state index contributed by atoms with van der Waals surface area (Å²) in [4.78, 5) is 179. The van der Waals surface area contributed by atoms with Gasteiger partial charge in [0.1, 0.15) is 65.8 Å². The van der Waals surface area contributed by atoms with Crippen LogP contribution in [-0.2, 0) is 79.8 Å². The lowest BCUT2D eigenvalue weighted by Gasteiger charge is -2.36. The summed E-state index contributed by atoms with van der Waals surface area (Å²) >= 11 is 0. The highest BCUT2D eigenvalue weighted by Crippen LogP contribution is 2.28. The Morgan fingerprint density at radius 2 is 1.42 bits per heavy atom. The number of aliphatic hydroxyl groups excluding tert-OH is 1. The fraction of sp³-hybridized carbons (Fsp3) is 0.662. The Hall–Kier alpha value is -8.16. The van der Waals surface area contributed by atoms with Gasteiger partial charge in [0.15, 0.2) is 11.9 Å². The number of methoxy groups -OCH3 is 1. The summed E-state index contributed by atoms with van der Waals surface area (Å²) in [5.74, 6) is -11.4. The number of hydrogen-bond acceptors (Lipinski definition) is 17. The lowest BCUT2D eigenvalue weighted by molar-refractivity contribution is -0.163. The van der Waals surface area contributed by atoms with Crippen molar-refractivity contribution in [2.75, 3.05) is 34.3 Å². The summed E-state index contributed by atoms with van der Waals surface area (Å²) < 4.78 is 22.8. The van der Waals surface area contributed by atoms with Crippen LogP contribution in [0.1, 0.15) is 159 Å². The molecule has 9 amide bonds. The average Bonchev–Trinajstić information content (AvgIpc) is 1.78. The standard InChI is InChI=1S/C71H107N9O17/c1-18-42(8)57-55(81)38-56(82)96-60(41(6)7)59(83)43(9)61(84)73-50(34-39(2)3)66(89)80-33-23-27-52(80)68(91)78(16)54(37-47-28-30-48(94-17)31-29-47)69(92)95-45(11)58(64(87)75-57)76-63(86)53(35-40(4)5)77(15)67(90)51-26-22-32-79(51)65(88)44(10)72-62(85)49(36-46-24-20-19-21-25-46)74-70(93)97-71(12,13)14/h19-21,24-25,28-31,39-45,49-55,57-58,60,81H,18,22-23,26-27,32-38H2,1-17H3,(H,72,85)(H,73,84)(H,74,93)(H,75,87)(H,76,86). The zero-order valence-corrected chi connectivity index (χ0v) is 59.8. The Bertz CT molecular complexity index is 3080. The third-order valence-electron chi connectivity index (χ3n) is 18.1. The zero-order chi connectivity index (χ0) is 72.5. The first-order chi connectivity index (χ1) is 45.5. The highest BCUT2D eigenvalue weighted by atomic mass is 16.6. The fourth-order valence-corrected chi connectivity index (χ4v) is 12.4. The third kappa shape index (κ3) is 22.2. The fourth-order valence-electron chi connectivity index (χ4n) is 12.4. The molecule has 97 heavy (non-hydrogen) atoms. The van der Waals surface area contributed by atoms with E-state index in [2.05, 4.69) is 26.6 Å². The first-order valence-corrected chi connectivity index (χ1v) is 34.1. The number of carbonyl (C=O) groups is 12. The first-order valence-electron chi connectivity index (χ1n) is 34.1. The molecule has 0 bridgehead atoms. The lowest BCUT2D eigenvalue weighted by Crippen LogP contribution is -2.62. The van der Waals surface area contributed by atoms with Gasteiger partial charge in [-0.3, -0.25) is 47.9 Å². The maximum absolute atomic E-state index is 15.3. The van der Waals surface area contributed by atoms with Gasteiger partial charge >= 0.3 is 18.0 Å². The smallest absolute Gasteiger partial charge is 0.408 e. The largest absolute Gasteiger partial charge is 0.497 e. The Labute approximate surface area is 571 Å². The molecule has 0 radical (unpaired) electrons. The summed E-state index contributed by atoms with van der Waals surface area (Å²) in [6.07, 6.45) is -4.95. The third-order valence-corrected chi connectivity index (χ3v) is 18.1. The zero-order valence-electron chi connectivity index (χ0n) is 59.8. The van der Waals surface area contributed by atoms with E-state index in [0.717, 1.165) is 5.56 Å². The summed E-state index contributed by atoms with van der Waals surface area (Å²) in [6.45, 7) is 23.4. The number of amides is 9. The van der Waals surface area contributed by atoms with Gasteiger partial charge in [0.05, 0.1) is 31.6 Å². The number of likely N-dealkylation sites (tertiary alicyclic amines) is 1. The number of fused-ring (bicyclic) bond motifs is 1. The van der Waals surface area contributed by atoms with Gasteiger partial charge in [-0.15, -0.1) is 0 Å². The predicted molar refractivity (Wildman–Crippen MR) is 359 cm³/mol. The monoisotopic (exact) mass is 1360 g/mol. The van der Waals surface area contributed by atoms with Gasteiger partial charge in [-0.25, -0.2) is 9.59 Å². The summed E-state index contributed by atoms with van der Waals surface area (Å²) in [7, 11) is 4.26. The molecule has 26 nitrogen and oxygen atoms in total. The van der Waals surface area contributed by atoms with Crippen LogP contribution in [0.4, 0.5) is 4.79 Å². The van der Waals surface area contributed by atoms with Gasteiger partial charge in [0.25, 0.3) is 0 Å². The van der Waals surface area contributed by atoms with Crippen molar-refractivity contribution in [3.05, 3.63) is 65.7 Å². The van der Waals surface area contributed by atoms with Crippen LogP contribution in [0.2, 0.25) is 0 Å². The van der Waals surface area contributed by atoms with Crippen LogP contribution in [-0.4, -0.2) is 208 Å². The number of hydrogen-bond donors (Lipinski definition) is 6. The van der Waals surface area contributed by atoms with E-state index in [0.29, 0.717) is 30.6 Å². The van der Waals surface area contributed by atoms with Crippen LogP contribution in [0.15, 0.2) is 54.6 Å². The quantitative estimate of drug-likeness (QED) is 0.0600. The van der Waals surface area contributed by atoms with Crippen LogP contribution in [0, 0.1) is 29.6 Å². The molecule has 3 fully saturated rings. The van der Waals surface area contributed by atoms with Crippen molar-refractivity contribution in [2.45, 2.75) is 239 Å². The van der Waals surface area contributed by atoms with E-state index in [1.807, 2.05) is 27.7 Å². The maximum Gasteiger partial charge on any atom is 0.408 e. The molecule has 2 aromatic rings. The van der Waals surface area contributed by atoms with Gasteiger partial charge in [0.2, 0.25) is 47.3 Å². The van der Waals surface area contributed by atoms with Crippen LogP contribution in [0.3, 0.4) is 0 Å². The maximum atomic E-state index is 15.3. The molecule has 0 aromatic heterocycles. The Kier molecular flexibility index (Phi) is 29.4. The number of ether oxygens (including phenoxy) is 4. The number of likely N-dealkylation sites (N-methyl/N-ethyl adjacent to an activating group) is 2. The molecular weight excluding hydrogens is 1250 g/mol. The minimum absolute atomic E-state index is 0.00605. The molecule has 538 valence electrons. The van der Waals surface area contributed by atoms with Crippen molar-refractivity contribution >= 4 is 71.1 Å². The topological polar surface area (TPSA) is 335 Å². The molecule has 6 N–H and O–H groups in total. The molecule has 14 atom stereocenters. The van der Waals surface area contributed by atoms with Crippen molar-refractivity contribution < 1.29 is 81.6 Å². The molecule has 3 heterocycles. The number of ketones is 1. The number of Topliss-reactive ketones (excluding diaryl/α,β-unsaturated/α-hetero) is 1. The summed E-state index contributed by atoms with van der Waals surface area (Å²) in [5.41, 5.74) is 0.385. The average molecular weight is 1360 g/mol. The second-order valence-corrected chi connectivity index (χ2v) is 28.4. The number of benzene rings is 2. The Morgan fingerprint density at radius 3 is 2.01 bits per heavy atom. The molecule has 0 aliphatic carbocycles. The van der Waals surface area contributed by atoms with Crippen LogP contribution in [0.25, 0.3) is 0 Å². The molecule has 3 saturated heterocycles. The summed E-state index contributed by atoms with van der Waals surface area (Å²) in [5, 5.41) is 25.6. The Balaban J connectivity index is 1.55. The molecule has 0 spiro atoms. The molecule has 0 saturated carbocycles. The summed E-state index contributed by atoms with van der Waals surface area (Å²) in [6, 6.07) is 3.90. The molecule has 2 aromatic carbocycles. The van der Waals surface area contributed by atoms with Crippen molar-refractivity contribution in [2.24, 2.45) is 29.6 Å². The number of nitrogens with one attached hydrogen (secondary N) is 5. The number of cyclic esters (lactones) is 2. The van der Waals surface area contributed by atoms with Gasteiger partial charge < -0.3 is 70.2 Å². The van der Waals surface area contributed by atoms with E-state index < -0.39 is 174 Å². The van der Waals surface area contributed by atoms with Crippen LogP contribution < -0.4 is 31.3 Å². The lowest BCUT2D eigenvalue weighted by atomic mass is 9.91. The molecular formula is C71H107N9O17. The van der Waals surface area contributed by atoms with E-state index >= 15 is 19.2 Å². The van der Waals surface area contributed by atoms with Crippen molar-refractivity contribution in [3.8, 4) is 5.75 Å². The van der Waals surface area contributed by atoms with Gasteiger partial charge in [0, 0.05) is 40.0 Å². The van der Waals surface area contributed by atoms with Crippen molar-refractivity contribution in [1.82, 2.24) is 46.2 Å². The predicted octanol–water partition coefficient (Wildman–Crippen LogP) is 4.58. The van der Waals surface area contributed by atoms with Gasteiger partial charge in [-0.1, -0.05) is 104 Å². The number of alkyl carbamates (subject to hydrolysis) is 1. The highest BCUT2D eigenvalue weighted by Gasteiger charge is 2.46. The molecule has 26 heteroatoms. The number of esters is 2. The van der Waals surface area contributed by atoms with E-state index in [9.17, 15) is 43.5 Å². The minimum Gasteiger partial charge on any atom is -0.497 e. The van der Waals surface area contributed by atoms with Gasteiger partial charge in [-0.05, 0) is 127 Å². The van der Waals surface area contributed by atoms with E-state index in [-0.39, 0.29) is 63.5 Å². The van der Waals surface area contributed by atoms with Crippen molar-refractivity contribution in [3.63, 3.8) is 0 Å². The molecule has 5 rings (SSSR count). The number of nitrogens with zero attached hydrogens (tertiary/aromatic N) is 4. The molecule has 3 aliphatic heterocycles. The molecule has 3 aliphatic rings. The van der Waals surface area contributed by atoms with Crippen molar-refractivity contribution in [1.29, 1.82) is 0 Å². The van der Waals surface area contributed by atoms with Crippen LogP contribution in [0.5, 0.6) is 5.75 Å². The second-order valence-electron chi connectivity index (χ2n) is 28.4. The Morgan fingerprint density at radius 1 is 0.784 bits per heavy atom. The first kappa shape index (κ1) is 79.5.